The van der Waals surface area contributed by atoms with Crippen LogP contribution in [0, 0.1) is 10.1 Å². The predicted molar refractivity (Wildman–Crippen MR) is 78.2 cm³/mol. The Balaban J connectivity index is 0.00000361. The van der Waals surface area contributed by atoms with Crippen molar-refractivity contribution < 1.29 is 14.8 Å². The van der Waals surface area contributed by atoms with Gasteiger partial charge in [-0.1, -0.05) is 13.0 Å². The number of anilines is 1. The lowest BCUT2D eigenvalue weighted by Gasteiger charge is -2.12. The van der Waals surface area contributed by atoms with Crippen LogP contribution in [-0.2, 0) is 4.79 Å². The number of hydrogen-bond acceptors (Lipinski definition) is 5. The van der Waals surface area contributed by atoms with E-state index in [-0.39, 0.29) is 29.7 Å². The van der Waals surface area contributed by atoms with Gasteiger partial charge < -0.3 is 15.7 Å². The van der Waals surface area contributed by atoms with Gasteiger partial charge >= 0.3 is 0 Å². The lowest BCUT2D eigenvalue weighted by Crippen LogP contribution is -2.21. The molecule has 1 aromatic rings. The van der Waals surface area contributed by atoms with Gasteiger partial charge in [-0.25, -0.2) is 0 Å². The first kappa shape index (κ1) is 18.3. The Morgan fingerprint density at radius 1 is 1.50 bits per heavy atom. The number of nitro benzene ring substituents is 1. The molecule has 8 heteroatoms. The van der Waals surface area contributed by atoms with Crippen LogP contribution in [0.25, 0.3) is 0 Å². The Hall–Kier alpha value is -1.70. The van der Waals surface area contributed by atoms with Gasteiger partial charge in [0, 0.05) is 19.5 Å². The molecule has 0 fully saturated rings. The largest absolute Gasteiger partial charge is 0.387 e. The van der Waals surface area contributed by atoms with E-state index >= 15 is 0 Å². The fourth-order valence-electron chi connectivity index (χ4n) is 1.60. The van der Waals surface area contributed by atoms with Crippen LogP contribution in [0.5, 0.6) is 0 Å². The van der Waals surface area contributed by atoms with Crippen molar-refractivity contribution in [1.82, 2.24) is 5.32 Å². The van der Waals surface area contributed by atoms with Gasteiger partial charge in [0.2, 0.25) is 5.91 Å². The molecular weight excluding hydrogens is 286 g/mol. The predicted octanol–water partition coefficient (Wildman–Crippen LogP) is 1.62. The van der Waals surface area contributed by atoms with E-state index in [1.165, 1.54) is 19.1 Å². The molecule has 0 spiro atoms. The van der Waals surface area contributed by atoms with Crippen LogP contribution in [0.15, 0.2) is 18.2 Å². The average molecular weight is 304 g/mol. The first-order chi connectivity index (χ1) is 8.95. The Labute approximate surface area is 122 Å². The summed E-state index contributed by atoms with van der Waals surface area (Å²) in [5, 5.41) is 26.1. The van der Waals surface area contributed by atoms with E-state index < -0.39 is 11.0 Å². The van der Waals surface area contributed by atoms with Gasteiger partial charge in [0.25, 0.3) is 5.69 Å². The molecule has 1 rings (SSSR count). The lowest BCUT2D eigenvalue weighted by atomic mass is 10.1. The first-order valence-corrected chi connectivity index (χ1v) is 5.90. The molecule has 0 saturated carbocycles. The van der Waals surface area contributed by atoms with Gasteiger partial charge in [0.1, 0.15) is 5.69 Å². The Kier molecular flexibility index (Phi) is 7.75. The van der Waals surface area contributed by atoms with E-state index in [0.717, 1.165) is 0 Å². The molecule has 1 unspecified atom stereocenters. The summed E-state index contributed by atoms with van der Waals surface area (Å²) in [6, 6.07) is 4.25. The number of likely N-dealkylation sites (N-methyl/N-ethyl adjacent to an activating group) is 1. The van der Waals surface area contributed by atoms with Gasteiger partial charge in [-0.15, -0.1) is 12.4 Å². The zero-order valence-electron chi connectivity index (χ0n) is 11.3. The number of nitrogens with zero attached hydrogens (tertiary/aromatic N) is 1. The molecule has 0 radical (unpaired) electrons. The second-order valence-electron chi connectivity index (χ2n) is 4.04. The third-order valence-corrected chi connectivity index (χ3v) is 2.50. The van der Waals surface area contributed by atoms with Crippen molar-refractivity contribution in [2.24, 2.45) is 0 Å². The molecule has 0 bridgehead atoms. The van der Waals surface area contributed by atoms with Crippen LogP contribution >= 0.6 is 12.4 Å². The lowest BCUT2D eigenvalue weighted by molar-refractivity contribution is -0.384. The SMILES string of the molecule is CCNCC(O)c1ccc(NC(C)=O)c([N+](=O)[O-])c1.Cl. The Bertz CT molecular complexity index is 482. The topological polar surface area (TPSA) is 104 Å². The zero-order chi connectivity index (χ0) is 14.4. The summed E-state index contributed by atoms with van der Waals surface area (Å²) in [4.78, 5) is 21.3. The molecule has 1 aromatic carbocycles. The van der Waals surface area contributed by atoms with E-state index in [1.54, 1.807) is 6.07 Å². The van der Waals surface area contributed by atoms with Gasteiger partial charge in [-0.3, -0.25) is 14.9 Å². The van der Waals surface area contributed by atoms with Crippen molar-refractivity contribution in [3.8, 4) is 0 Å². The molecule has 0 aliphatic carbocycles. The van der Waals surface area contributed by atoms with E-state index in [2.05, 4.69) is 10.6 Å². The number of aliphatic hydroxyl groups excluding tert-OH is 1. The Morgan fingerprint density at radius 3 is 2.65 bits per heavy atom. The highest BCUT2D eigenvalue weighted by Crippen LogP contribution is 2.28. The summed E-state index contributed by atoms with van der Waals surface area (Å²) in [5.41, 5.74) is 0.321. The molecule has 0 aliphatic rings. The number of hydrogen-bond donors (Lipinski definition) is 3. The summed E-state index contributed by atoms with van der Waals surface area (Å²) < 4.78 is 0. The van der Waals surface area contributed by atoms with Crippen molar-refractivity contribution in [1.29, 1.82) is 0 Å². The highest BCUT2D eigenvalue weighted by atomic mass is 35.5. The number of rotatable bonds is 6. The summed E-state index contributed by atoms with van der Waals surface area (Å²) in [7, 11) is 0. The molecule has 20 heavy (non-hydrogen) atoms. The number of nitro groups is 1. The molecule has 1 atom stereocenters. The molecule has 1 amide bonds. The normalized spacial score (nSPS) is 11.3. The van der Waals surface area contributed by atoms with Crippen LogP contribution in [-0.4, -0.2) is 29.0 Å². The maximum absolute atomic E-state index is 11.0. The van der Waals surface area contributed by atoms with Crippen molar-refractivity contribution >= 4 is 29.7 Å². The number of nitrogens with one attached hydrogen (secondary N) is 2. The summed E-state index contributed by atoms with van der Waals surface area (Å²) in [5.74, 6) is -0.385. The fourth-order valence-corrected chi connectivity index (χ4v) is 1.60. The van der Waals surface area contributed by atoms with Gasteiger partial charge in [-0.05, 0) is 18.2 Å². The highest BCUT2D eigenvalue weighted by Gasteiger charge is 2.18. The number of halogens is 1. The molecule has 3 N–H and O–H groups in total. The van der Waals surface area contributed by atoms with Crippen LogP contribution in [0.4, 0.5) is 11.4 Å². The number of carbonyl (C=O) groups is 1. The second-order valence-corrected chi connectivity index (χ2v) is 4.04. The molecule has 112 valence electrons. The highest BCUT2D eigenvalue weighted by molar-refractivity contribution is 5.91. The van der Waals surface area contributed by atoms with Crippen molar-refractivity contribution in [2.75, 3.05) is 18.4 Å². The number of aliphatic hydroxyl groups is 1. The number of carbonyl (C=O) groups excluding carboxylic acids is 1. The molecule has 7 nitrogen and oxygen atoms in total. The quantitative estimate of drug-likeness (QED) is 0.547. The van der Waals surface area contributed by atoms with Gasteiger partial charge in [0.05, 0.1) is 11.0 Å². The summed E-state index contributed by atoms with van der Waals surface area (Å²) in [6.07, 6.45) is -0.829. The third-order valence-electron chi connectivity index (χ3n) is 2.50. The minimum atomic E-state index is -0.829. The first-order valence-electron chi connectivity index (χ1n) is 5.90. The molecule has 0 aromatic heterocycles. The Morgan fingerprint density at radius 2 is 2.15 bits per heavy atom. The van der Waals surface area contributed by atoms with E-state index in [9.17, 15) is 20.0 Å². The van der Waals surface area contributed by atoms with Crippen molar-refractivity contribution in [3.05, 3.63) is 33.9 Å². The maximum atomic E-state index is 11.0. The van der Waals surface area contributed by atoms with Crippen LogP contribution in [0.1, 0.15) is 25.5 Å². The number of benzene rings is 1. The maximum Gasteiger partial charge on any atom is 0.293 e. The minimum Gasteiger partial charge on any atom is -0.387 e. The second kappa shape index (κ2) is 8.47. The van der Waals surface area contributed by atoms with E-state index in [1.807, 2.05) is 6.92 Å². The summed E-state index contributed by atoms with van der Waals surface area (Å²) >= 11 is 0. The number of amides is 1. The average Bonchev–Trinajstić information content (AvgIpc) is 2.35. The minimum absolute atomic E-state index is 0. The van der Waals surface area contributed by atoms with E-state index in [4.69, 9.17) is 0 Å². The van der Waals surface area contributed by atoms with Crippen LogP contribution in [0.3, 0.4) is 0 Å². The van der Waals surface area contributed by atoms with E-state index in [0.29, 0.717) is 18.7 Å². The van der Waals surface area contributed by atoms with Crippen molar-refractivity contribution in [3.63, 3.8) is 0 Å². The molecular formula is C12H18ClN3O4. The van der Waals surface area contributed by atoms with Gasteiger partial charge in [-0.2, -0.15) is 0 Å². The monoisotopic (exact) mass is 303 g/mol. The van der Waals surface area contributed by atoms with Crippen molar-refractivity contribution in [2.45, 2.75) is 20.0 Å². The van der Waals surface area contributed by atoms with Gasteiger partial charge in [0.15, 0.2) is 0 Å². The summed E-state index contributed by atoms with van der Waals surface area (Å²) in [6.45, 7) is 4.18. The van der Waals surface area contributed by atoms with Crippen LogP contribution in [0.2, 0.25) is 0 Å². The smallest absolute Gasteiger partial charge is 0.293 e. The zero-order valence-corrected chi connectivity index (χ0v) is 12.1. The van der Waals surface area contributed by atoms with Crippen LogP contribution < -0.4 is 10.6 Å². The standard InChI is InChI=1S/C12H17N3O4.ClH/c1-3-13-7-12(17)9-4-5-10(14-8(2)16)11(6-9)15(18)19;/h4-6,12-13,17H,3,7H2,1-2H3,(H,14,16);1H. The fraction of sp³-hybridized carbons (Fsp3) is 0.417. The molecule has 0 aliphatic heterocycles. The molecule has 0 saturated heterocycles. The molecule has 0 heterocycles. The third kappa shape index (κ3) is 5.12.